The third-order valence-corrected chi connectivity index (χ3v) is 2.88. The summed E-state index contributed by atoms with van der Waals surface area (Å²) >= 11 is 5.85. The van der Waals surface area contributed by atoms with Crippen molar-refractivity contribution >= 4 is 11.6 Å². The third kappa shape index (κ3) is 3.00. The van der Waals surface area contributed by atoms with Crippen molar-refractivity contribution in [1.82, 2.24) is 5.32 Å². The Morgan fingerprint density at radius 1 is 1.21 bits per heavy atom. The quantitative estimate of drug-likeness (QED) is 0.807. The average Bonchev–Trinajstić information content (AvgIpc) is 2.16. The van der Waals surface area contributed by atoms with E-state index in [4.69, 9.17) is 11.6 Å². The fraction of sp³-hybridized carbons (Fsp3) is 0.500. The molecule has 0 bridgehead atoms. The van der Waals surface area contributed by atoms with E-state index in [2.05, 4.69) is 31.3 Å². The number of nitrogens with one attached hydrogen (secondary N) is 1. The first kappa shape index (κ1) is 11.5. The first-order valence-corrected chi connectivity index (χ1v) is 5.35. The van der Waals surface area contributed by atoms with Gasteiger partial charge in [0.2, 0.25) is 0 Å². The van der Waals surface area contributed by atoms with Crippen LogP contribution in [0.5, 0.6) is 0 Å². The molecule has 0 heterocycles. The number of hydrogen-bond acceptors (Lipinski definition) is 1. The number of benzene rings is 1. The van der Waals surface area contributed by atoms with Crippen LogP contribution < -0.4 is 5.32 Å². The molecule has 2 heteroatoms. The zero-order chi connectivity index (χ0) is 10.6. The monoisotopic (exact) mass is 211 g/mol. The summed E-state index contributed by atoms with van der Waals surface area (Å²) in [7, 11) is 1.98. The van der Waals surface area contributed by atoms with Gasteiger partial charge in [-0.3, -0.25) is 0 Å². The van der Waals surface area contributed by atoms with Crippen LogP contribution in [0.1, 0.15) is 25.8 Å². The van der Waals surface area contributed by atoms with Crippen molar-refractivity contribution in [2.75, 3.05) is 13.6 Å². The molecule has 0 amide bonds. The van der Waals surface area contributed by atoms with Crippen LogP contribution in [-0.2, 0) is 5.41 Å². The van der Waals surface area contributed by atoms with E-state index in [0.29, 0.717) is 0 Å². The lowest BCUT2D eigenvalue weighted by molar-refractivity contribution is 0.469. The Morgan fingerprint density at radius 3 is 2.29 bits per heavy atom. The zero-order valence-corrected chi connectivity index (χ0v) is 9.86. The lowest BCUT2D eigenvalue weighted by Crippen LogP contribution is -2.23. The largest absolute Gasteiger partial charge is 0.320 e. The van der Waals surface area contributed by atoms with Gasteiger partial charge in [-0.05, 0) is 43.1 Å². The molecule has 0 fully saturated rings. The van der Waals surface area contributed by atoms with Gasteiger partial charge in [-0.2, -0.15) is 0 Å². The molecular formula is C12H18ClN. The molecule has 0 aliphatic carbocycles. The van der Waals surface area contributed by atoms with Crippen LogP contribution in [0.4, 0.5) is 0 Å². The van der Waals surface area contributed by atoms with E-state index in [-0.39, 0.29) is 5.41 Å². The van der Waals surface area contributed by atoms with Crippen molar-refractivity contribution < 1.29 is 0 Å². The SMILES string of the molecule is CNCCC(C)(C)c1ccc(Cl)cc1. The average molecular weight is 212 g/mol. The van der Waals surface area contributed by atoms with E-state index < -0.39 is 0 Å². The second-order valence-electron chi connectivity index (χ2n) is 4.24. The van der Waals surface area contributed by atoms with E-state index >= 15 is 0 Å². The molecule has 0 aliphatic rings. The van der Waals surface area contributed by atoms with Crippen LogP contribution in [0.2, 0.25) is 5.02 Å². The first-order chi connectivity index (χ1) is 6.56. The topological polar surface area (TPSA) is 12.0 Å². The molecule has 1 rings (SSSR count). The standard InChI is InChI=1S/C12H18ClN/c1-12(2,8-9-14-3)10-4-6-11(13)7-5-10/h4-7,14H,8-9H2,1-3H3. The summed E-state index contributed by atoms with van der Waals surface area (Å²) in [6, 6.07) is 8.13. The fourth-order valence-corrected chi connectivity index (χ4v) is 1.61. The summed E-state index contributed by atoms with van der Waals surface area (Å²) in [6.07, 6.45) is 1.13. The molecule has 0 atom stereocenters. The Morgan fingerprint density at radius 2 is 1.79 bits per heavy atom. The minimum atomic E-state index is 0.216. The van der Waals surface area contributed by atoms with Gasteiger partial charge in [0.25, 0.3) is 0 Å². The lowest BCUT2D eigenvalue weighted by Gasteiger charge is -2.25. The van der Waals surface area contributed by atoms with Crippen LogP contribution in [0.25, 0.3) is 0 Å². The molecule has 0 saturated heterocycles. The summed E-state index contributed by atoms with van der Waals surface area (Å²) in [5.41, 5.74) is 1.56. The zero-order valence-electron chi connectivity index (χ0n) is 9.10. The van der Waals surface area contributed by atoms with Gasteiger partial charge in [-0.1, -0.05) is 37.6 Å². The molecule has 1 aromatic carbocycles. The molecule has 1 nitrogen and oxygen atoms in total. The van der Waals surface area contributed by atoms with Crippen LogP contribution in [-0.4, -0.2) is 13.6 Å². The fourth-order valence-electron chi connectivity index (χ4n) is 1.48. The van der Waals surface area contributed by atoms with E-state index in [1.807, 2.05) is 19.2 Å². The Kier molecular flexibility index (Phi) is 3.97. The van der Waals surface area contributed by atoms with Gasteiger partial charge >= 0.3 is 0 Å². The second-order valence-corrected chi connectivity index (χ2v) is 4.68. The van der Waals surface area contributed by atoms with Crippen molar-refractivity contribution in [1.29, 1.82) is 0 Å². The van der Waals surface area contributed by atoms with Crippen molar-refractivity contribution in [3.05, 3.63) is 34.9 Å². The van der Waals surface area contributed by atoms with Crippen molar-refractivity contribution in [3.63, 3.8) is 0 Å². The van der Waals surface area contributed by atoms with Gasteiger partial charge < -0.3 is 5.32 Å². The Labute approximate surface area is 91.5 Å². The first-order valence-electron chi connectivity index (χ1n) is 4.97. The van der Waals surface area contributed by atoms with Gasteiger partial charge in [0.05, 0.1) is 0 Å². The summed E-state index contributed by atoms with van der Waals surface area (Å²) in [5.74, 6) is 0. The minimum Gasteiger partial charge on any atom is -0.320 e. The van der Waals surface area contributed by atoms with Gasteiger partial charge in [-0.25, -0.2) is 0 Å². The van der Waals surface area contributed by atoms with Crippen LogP contribution in [0.3, 0.4) is 0 Å². The molecular weight excluding hydrogens is 194 g/mol. The maximum Gasteiger partial charge on any atom is 0.0406 e. The molecule has 1 N–H and O–H groups in total. The Balaban J connectivity index is 2.75. The maximum absolute atomic E-state index is 5.85. The third-order valence-electron chi connectivity index (χ3n) is 2.63. The number of rotatable bonds is 4. The molecule has 14 heavy (non-hydrogen) atoms. The van der Waals surface area contributed by atoms with Crippen molar-refractivity contribution in [2.45, 2.75) is 25.7 Å². The minimum absolute atomic E-state index is 0.216. The van der Waals surface area contributed by atoms with Crippen LogP contribution in [0.15, 0.2) is 24.3 Å². The lowest BCUT2D eigenvalue weighted by atomic mass is 9.82. The molecule has 0 radical (unpaired) electrons. The smallest absolute Gasteiger partial charge is 0.0406 e. The second kappa shape index (κ2) is 4.81. The highest BCUT2D eigenvalue weighted by atomic mass is 35.5. The van der Waals surface area contributed by atoms with E-state index in [0.717, 1.165) is 18.0 Å². The molecule has 1 aromatic rings. The maximum atomic E-state index is 5.85. The summed E-state index contributed by atoms with van der Waals surface area (Å²) in [6.45, 7) is 5.55. The molecule has 0 aliphatic heterocycles. The Bertz CT molecular complexity index is 277. The van der Waals surface area contributed by atoms with Gasteiger partial charge in [0.1, 0.15) is 0 Å². The number of hydrogen-bond donors (Lipinski definition) is 1. The van der Waals surface area contributed by atoms with Crippen LogP contribution in [0, 0.1) is 0 Å². The molecule has 78 valence electrons. The van der Waals surface area contributed by atoms with Gasteiger partial charge in [0.15, 0.2) is 0 Å². The molecule has 0 unspecified atom stereocenters. The van der Waals surface area contributed by atoms with E-state index in [1.165, 1.54) is 5.56 Å². The van der Waals surface area contributed by atoms with E-state index in [1.54, 1.807) is 0 Å². The Hall–Kier alpha value is -0.530. The van der Waals surface area contributed by atoms with Crippen molar-refractivity contribution in [3.8, 4) is 0 Å². The molecule has 0 aromatic heterocycles. The predicted molar refractivity (Wildman–Crippen MR) is 63.0 cm³/mol. The summed E-state index contributed by atoms with van der Waals surface area (Å²) < 4.78 is 0. The normalized spacial score (nSPS) is 11.7. The van der Waals surface area contributed by atoms with Gasteiger partial charge in [0, 0.05) is 5.02 Å². The molecule has 0 spiro atoms. The summed E-state index contributed by atoms with van der Waals surface area (Å²) in [5, 5.41) is 3.98. The summed E-state index contributed by atoms with van der Waals surface area (Å²) in [4.78, 5) is 0. The molecule has 0 saturated carbocycles. The highest BCUT2D eigenvalue weighted by Crippen LogP contribution is 2.27. The van der Waals surface area contributed by atoms with Gasteiger partial charge in [-0.15, -0.1) is 0 Å². The number of halogens is 1. The van der Waals surface area contributed by atoms with Crippen molar-refractivity contribution in [2.24, 2.45) is 0 Å². The predicted octanol–water partition coefficient (Wildman–Crippen LogP) is 3.23. The van der Waals surface area contributed by atoms with Crippen LogP contribution >= 0.6 is 11.6 Å². The van der Waals surface area contributed by atoms with E-state index in [9.17, 15) is 0 Å². The highest BCUT2D eigenvalue weighted by molar-refractivity contribution is 6.30. The highest BCUT2D eigenvalue weighted by Gasteiger charge is 2.19.